The molecule has 2 amide bonds. The van der Waals surface area contributed by atoms with Gasteiger partial charge >= 0.3 is 6.03 Å². The molecule has 0 radical (unpaired) electrons. The lowest BCUT2D eigenvalue weighted by atomic mass is 9.80. The Morgan fingerprint density at radius 3 is 2.72 bits per heavy atom. The van der Waals surface area contributed by atoms with Gasteiger partial charge in [0.2, 0.25) is 0 Å². The second kappa shape index (κ2) is 6.57. The highest BCUT2D eigenvalue weighted by molar-refractivity contribution is 5.75. The van der Waals surface area contributed by atoms with Gasteiger partial charge in [0.05, 0.1) is 19.3 Å². The van der Waals surface area contributed by atoms with Gasteiger partial charge in [-0.3, -0.25) is 0 Å². The number of urea groups is 1. The van der Waals surface area contributed by atoms with Gasteiger partial charge in [0.1, 0.15) is 5.82 Å². The molecule has 5 nitrogen and oxygen atoms in total. The van der Waals surface area contributed by atoms with Crippen LogP contribution in [-0.2, 0) is 15.9 Å². The van der Waals surface area contributed by atoms with Gasteiger partial charge in [-0.1, -0.05) is 19.1 Å². The van der Waals surface area contributed by atoms with E-state index < -0.39 is 5.79 Å². The van der Waals surface area contributed by atoms with E-state index in [-0.39, 0.29) is 23.8 Å². The molecule has 3 aliphatic rings. The zero-order valence-electron chi connectivity index (χ0n) is 14.6. The fraction of sp³-hybridized carbons (Fsp3) is 0.632. The van der Waals surface area contributed by atoms with Crippen LogP contribution < -0.4 is 5.32 Å². The second-order valence-corrected chi connectivity index (χ2v) is 7.35. The van der Waals surface area contributed by atoms with Crippen LogP contribution in [0.1, 0.15) is 43.4 Å². The zero-order chi connectivity index (χ0) is 17.4. The molecule has 1 aromatic rings. The topological polar surface area (TPSA) is 50.8 Å². The van der Waals surface area contributed by atoms with Crippen molar-refractivity contribution in [3.05, 3.63) is 35.1 Å². The minimum atomic E-state index is -0.482. The normalized spacial score (nSPS) is 28.0. The number of hydrogen-bond acceptors (Lipinski definition) is 3. The van der Waals surface area contributed by atoms with Gasteiger partial charge in [-0.2, -0.15) is 0 Å². The number of rotatable bonds is 1. The molecule has 0 bridgehead atoms. The Hall–Kier alpha value is -1.66. The number of fused-ring (bicyclic) bond motifs is 1. The second-order valence-electron chi connectivity index (χ2n) is 7.35. The van der Waals surface area contributed by atoms with Crippen LogP contribution in [0.25, 0.3) is 0 Å². The number of carbonyl (C=O) groups is 1. The standard InChI is InChI=1S/C19H25FN2O3/c1-13-5-6-14-15(3-2-4-16(14)20)17(13)21-18(23)22-9-7-19(8-10-22)24-11-12-25-19/h2-4,13,17H,5-12H2,1H3,(H,21,23). The first kappa shape index (κ1) is 16.8. The maximum Gasteiger partial charge on any atom is 0.317 e. The van der Waals surface area contributed by atoms with Crippen molar-refractivity contribution in [3.8, 4) is 0 Å². The Morgan fingerprint density at radius 1 is 1.28 bits per heavy atom. The van der Waals surface area contributed by atoms with Crippen molar-refractivity contribution in [3.63, 3.8) is 0 Å². The van der Waals surface area contributed by atoms with Crippen molar-refractivity contribution < 1.29 is 18.7 Å². The van der Waals surface area contributed by atoms with Crippen molar-refractivity contribution >= 4 is 6.03 Å². The fourth-order valence-electron chi connectivity index (χ4n) is 4.26. The van der Waals surface area contributed by atoms with E-state index in [1.54, 1.807) is 6.07 Å². The fourth-order valence-corrected chi connectivity index (χ4v) is 4.26. The zero-order valence-corrected chi connectivity index (χ0v) is 14.6. The van der Waals surface area contributed by atoms with Crippen LogP contribution in [0.5, 0.6) is 0 Å². The molecule has 2 fully saturated rings. The van der Waals surface area contributed by atoms with Gasteiger partial charge in [-0.25, -0.2) is 9.18 Å². The van der Waals surface area contributed by atoms with Gasteiger partial charge in [-0.05, 0) is 36.0 Å². The van der Waals surface area contributed by atoms with Crippen molar-refractivity contribution in [2.24, 2.45) is 5.92 Å². The van der Waals surface area contributed by atoms with Crippen molar-refractivity contribution in [1.29, 1.82) is 0 Å². The molecule has 0 aromatic heterocycles. The van der Waals surface area contributed by atoms with Crippen LogP contribution in [0.15, 0.2) is 18.2 Å². The van der Waals surface area contributed by atoms with Crippen LogP contribution in [0.3, 0.4) is 0 Å². The van der Waals surface area contributed by atoms with Crippen molar-refractivity contribution in [1.82, 2.24) is 10.2 Å². The summed E-state index contributed by atoms with van der Waals surface area (Å²) in [6, 6.07) is 4.94. The molecule has 2 atom stereocenters. The molecule has 1 N–H and O–H groups in total. The highest BCUT2D eigenvalue weighted by atomic mass is 19.1. The maximum absolute atomic E-state index is 14.1. The molecule has 2 unspecified atom stereocenters. The van der Waals surface area contributed by atoms with Crippen molar-refractivity contribution in [2.75, 3.05) is 26.3 Å². The van der Waals surface area contributed by atoms with Gasteiger partial charge < -0.3 is 19.7 Å². The van der Waals surface area contributed by atoms with Crippen LogP contribution in [0, 0.1) is 11.7 Å². The quantitative estimate of drug-likeness (QED) is 0.849. The Labute approximate surface area is 147 Å². The number of piperidine rings is 1. The molecule has 1 aromatic carbocycles. The summed E-state index contributed by atoms with van der Waals surface area (Å²) in [4.78, 5) is 14.6. The molecule has 4 rings (SSSR count). The molecule has 136 valence electrons. The average Bonchev–Trinajstić information content (AvgIpc) is 3.06. The predicted molar refractivity (Wildman–Crippen MR) is 90.6 cm³/mol. The molecule has 1 spiro atoms. The van der Waals surface area contributed by atoms with E-state index in [1.807, 2.05) is 11.0 Å². The number of halogens is 1. The summed E-state index contributed by atoms with van der Waals surface area (Å²) in [5.41, 5.74) is 1.67. The molecule has 2 heterocycles. The summed E-state index contributed by atoms with van der Waals surface area (Å²) in [5.74, 6) is -0.361. The van der Waals surface area contributed by atoms with Crippen LogP contribution >= 0.6 is 0 Å². The summed E-state index contributed by atoms with van der Waals surface area (Å²) < 4.78 is 25.5. The predicted octanol–water partition coefficient (Wildman–Crippen LogP) is 3.00. The smallest absolute Gasteiger partial charge is 0.317 e. The molecule has 2 aliphatic heterocycles. The first-order chi connectivity index (χ1) is 12.1. The van der Waals surface area contributed by atoms with Gasteiger partial charge in [0, 0.05) is 25.9 Å². The molecule has 6 heteroatoms. The van der Waals surface area contributed by atoms with E-state index in [1.165, 1.54) is 6.07 Å². The number of nitrogens with zero attached hydrogens (tertiary/aromatic N) is 1. The molecule has 0 saturated carbocycles. The van der Waals surface area contributed by atoms with Gasteiger partial charge in [-0.15, -0.1) is 0 Å². The molecule has 25 heavy (non-hydrogen) atoms. The maximum atomic E-state index is 14.1. The minimum Gasteiger partial charge on any atom is -0.347 e. The number of benzene rings is 1. The van der Waals surface area contributed by atoms with Crippen LogP contribution in [0.4, 0.5) is 9.18 Å². The number of amides is 2. The van der Waals surface area contributed by atoms with E-state index in [4.69, 9.17) is 9.47 Å². The third kappa shape index (κ3) is 3.13. The lowest BCUT2D eigenvalue weighted by Crippen LogP contribution is -2.51. The molecular formula is C19H25FN2O3. The van der Waals surface area contributed by atoms with Crippen LogP contribution in [-0.4, -0.2) is 43.0 Å². The Kier molecular flexibility index (Phi) is 4.41. The monoisotopic (exact) mass is 348 g/mol. The number of ether oxygens (including phenoxy) is 2. The Bertz CT molecular complexity index is 650. The molecule has 1 aliphatic carbocycles. The first-order valence-electron chi connectivity index (χ1n) is 9.19. The average molecular weight is 348 g/mol. The molecule has 2 saturated heterocycles. The third-order valence-electron chi connectivity index (χ3n) is 5.81. The number of likely N-dealkylation sites (tertiary alicyclic amines) is 1. The highest BCUT2D eigenvalue weighted by Gasteiger charge is 2.41. The Morgan fingerprint density at radius 2 is 2.00 bits per heavy atom. The summed E-state index contributed by atoms with van der Waals surface area (Å²) in [6.45, 7) is 4.61. The minimum absolute atomic E-state index is 0.0817. The van der Waals surface area contributed by atoms with E-state index >= 15 is 0 Å². The van der Waals surface area contributed by atoms with Gasteiger partial charge in [0.25, 0.3) is 0 Å². The van der Waals surface area contributed by atoms with E-state index in [9.17, 15) is 9.18 Å². The van der Waals surface area contributed by atoms with E-state index in [0.29, 0.717) is 39.1 Å². The SMILES string of the molecule is CC1CCc2c(F)cccc2C1NC(=O)N1CCC2(CC1)OCCO2. The number of hydrogen-bond donors (Lipinski definition) is 1. The van der Waals surface area contributed by atoms with E-state index in [2.05, 4.69) is 12.2 Å². The lowest BCUT2D eigenvalue weighted by Gasteiger charge is -2.39. The van der Waals surface area contributed by atoms with Crippen molar-refractivity contribution in [2.45, 2.75) is 44.4 Å². The molecular weight excluding hydrogens is 323 g/mol. The third-order valence-corrected chi connectivity index (χ3v) is 5.81. The summed E-state index contributed by atoms with van der Waals surface area (Å²) in [5, 5.41) is 3.14. The number of carbonyl (C=O) groups excluding carboxylic acids is 1. The largest absolute Gasteiger partial charge is 0.347 e. The van der Waals surface area contributed by atoms with E-state index in [0.717, 1.165) is 24.0 Å². The number of nitrogens with one attached hydrogen (secondary N) is 1. The summed E-state index contributed by atoms with van der Waals surface area (Å²) in [6.07, 6.45) is 3.01. The van der Waals surface area contributed by atoms with Gasteiger partial charge in [0.15, 0.2) is 5.79 Å². The summed E-state index contributed by atoms with van der Waals surface area (Å²) in [7, 11) is 0. The highest BCUT2D eigenvalue weighted by Crippen LogP contribution is 2.36. The van der Waals surface area contributed by atoms with Crippen LogP contribution in [0.2, 0.25) is 0 Å². The Balaban J connectivity index is 1.44. The summed E-state index contributed by atoms with van der Waals surface area (Å²) >= 11 is 0. The lowest BCUT2D eigenvalue weighted by molar-refractivity contribution is -0.181. The first-order valence-corrected chi connectivity index (χ1v) is 9.19.